The molecule has 0 bridgehead atoms. The fourth-order valence-electron chi connectivity index (χ4n) is 2.54. The smallest absolute Gasteiger partial charge is 0.257 e. The number of carbonyl (C=O) groups is 2. The van der Waals surface area contributed by atoms with Crippen molar-refractivity contribution in [3.63, 3.8) is 0 Å². The van der Waals surface area contributed by atoms with Crippen molar-refractivity contribution < 1.29 is 14.1 Å². The Balaban J connectivity index is 1.50. The molecule has 2 amide bonds. The first-order valence-corrected chi connectivity index (χ1v) is 8.86. The third-order valence-corrected chi connectivity index (χ3v) is 4.87. The lowest BCUT2D eigenvalue weighted by atomic mass is 10.1. The molecule has 0 saturated heterocycles. The van der Waals surface area contributed by atoms with Gasteiger partial charge >= 0.3 is 0 Å². The van der Waals surface area contributed by atoms with Gasteiger partial charge in [-0.05, 0) is 49.4 Å². The molecule has 2 N–H and O–H groups in total. The van der Waals surface area contributed by atoms with E-state index in [1.165, 1.54) is 11.8 Å². The summed E-state index contributed by atoms with van der Waals surface area (Å²) in [5.41, 5.74) is 2.58. The molecule has 3 aromatic rings. The van der Waals surface area contributed by atoms with E-state index in [-0.39, 0.29) is 11.8 Å². The minimum absolute atomic E-state index is 0.0437. The van der Waals surface area contributed by atoms with E-state index < -0.39 is 0 Å². The maximum atomic E-state index is 12.4. The van der Waals surface area contributed by atoms with Crippen molar-refractivity contribution in [3.05, 3.63) is 53.9 Å². The summed E-state index contributed by atoms with van der Waals surface area (Å²) in [4.78, 5) is 29.1. The first-order chi connectivity index (χ1) is 12.6. The number of carbonyl (C=O) groups excluding carboxylic acids is 2. The molecule has 0 spiro atoms. The number of nitrogens with zero attached hydrogens (tertiary/aromatic N) is 2. The summed E-state index contributed by atoms with van der Waals surface area (Å²) in [6, 6.07) is 12.4. The van der Waals surface area contributed by atoms with Gasteiger partial charge in [0.15, 0.2) is 5.82 Å². The molecule has 1 aromatic heterocycles. The van der Waals surface area contributed by atoms with E-state index in [0.29, 0.717) is 34.4 Å². The molecular weight excluding hydrogens is 352 g/mol. The first kappa shape index (κ1) is 16.3. The van der Waals surface area contributed by atoms with Gasteiger partial charge in [-0.15, -0.1) is 11.8 Å². The van der Waals surface area contributed by atoms with E-state index >= 15 is 0 Å². The van der Waals surface area contributed by atoms with Gasteiger partial charge in [-0.1, -0.05) is 5.16 Å². The number of benzene rings is 2. The quantitative estimate of drug-likeness (QED) is 0.738. The molecule has 0 atom stereocenters. The van der Waals surface area contributed by atoms with Crippen LogP contribution < -0.4 is 10.6 Å². The summed E-state index contributed by atoms with van der Waals surface area (Å²) < 4.78 is 5.11. The molecule has 7 nitrogen and oxygen atoms in total. The number of amides is 2. The zero-order valence-corrected chi connectivity index (χ0v) is 14.6. The van der Waals surface area contributed by atoms with Gasteiger partial charge in [0.2, 0.25) is 5.91 Å². The number of anilines is 2. The summed E-state index contributed by atoms with van der Waals surface area (Å²) in [6.07, 6.45) is 0. The summed E-state index contributed by atoms with van der Waals surface area (Å²) in [7, 11) is 0. The molecule has 0 unspecified atom stereocenters. The van der Waals surface area contributed by atoms with Crippen LogP contribution in [0.4, 0.5) is 11.4 Å². The molecular formula is C18H14N4O3S. The maximum absolute atomic E-state index is 12.4. The summed E-state index contributed by atoms with van der Waals surface area (Å²) in [5.74, 6) is 1.09. The lowest BCUT2D eigenvalue weighted by Gasteiger charge is -2.17. The van der Waals surface area contributed by atoms with Crippen LogP contribution >= 0.6 is 11.8 Å². The van der Waals surface area contributed by atoms with Crippen molar-refractivity contribution in [2.45, 2.75) is 11.8 Å². The average molecular weight is 366 g/mol. The number of hydrogen-bond acceptors (Lipinski definition) is 6. The summed E-state index contributed by atoms with van der Waals surface area (Å²) in [5, 5.41) is 9.39. The van der Waals surface area contributed by atoms with Crippen molar-refractivity contribution in [1.82, 2.24) is 10.1 Å². The van der Waals surface area contributed by atoms with Crippen molar-refractivity contribution >= 4 is 35.0 Å². The van der Waals surface area contributed by atoms with Crippen LogP contribution in [-0.2, 0) is 4.79 Å². The van der Waals surface area contributed by atoms with E-state index in [9.17, 15) is 9.59 Å². The molecule has 0 saturated carbocycles. The standard InChI is InChI=1S/C18H14N4O3S/c1-10-19-18(25-22-10)12-4-2-11(3-5-12)17(24)20-13-6-7-15-14(8-13)21-16(23)9-26-15/h2-8H,9H2,1H3,(H,20,24)(H,21,23). The highest BCUT2D eigenvalue weighted by Gasteiger charge is 2.16. The lowest BCUT2D eigenvalue weighted by Crippen LogP contribution is -2.19. The van der Waals surface area contributed by atoms with Crippen LogP contribution in [0, 0.1) is 6.92 Å². The minimum atomic E-state index is -0.243. The molecule has 1 aliphatic rings. The monoisotopic (exact) mass is 366 g/mol. The predicted molar refractivity (Wildman–Crippen MR) is 98.2 cm³/mol. The van der Waals surface area contributed by atoms with E-state index in [4.69, 9.17) is 4.52 Å². The van der Waals surface area contributed by atoms with Crippen LogP contribution in [-0.4, -0.2) is 27.7 Å². The number of rotatable bonds is 3. The Morgan fingerprint density at radius 1 is 1.23 bits per heavy atom. The van der Waals surface area contributed by atoms with Gasteiger partial charge in [0.1, 0.15) is 0 Å². The van der Waals surface area contributed by atoms with Crippen LogP contribution in [0.5, 0.6) is 0 Å². The topological polar surface area (TPSA) is 97.1 Å². The van der Waals surface area contributed by atoms with Crippen LogP contribution in [0.3, 0.4) is 0 Å². The molecule has 26 heavy (non-hydrogen) atoms. The van der Waals surface area contributed by atoms with Gasteiger partial charge in [0.05, 0.1) is 11.4 Å². The number of aromatic nitrogens is 2. The normalized spacial score (nSPS) is 13.0. The first-order valence-electron chi connectivity index (χ1n) is 7.87. The third kappa shape index (κ3) is 3.31. The molecule has 2 aromatic carbocycles. The molecule has 0 aliphatic carbocycles. The largest absolute Gasteiger partial charge is 0.334 e. The van der Waals surface area contributed by atoms with Crippen LogP contribution in [0.2, 0.25) is 0 Å². The van der Waals surface area contributed by atoms with Gasteiger partial charge < -0.3 is 15.2 Å². The maximum Gasteiger partial charge on any atom is 0.257 e. The number of thioether (sulfide) groups is 1. The van der Waals surface area contributed by atoms with Crippen LogP contribution in [0.15, 0.2) is 51.9 Å². The van der Waals surface area contributed by atoms with Gasteiger partial charge in [0, 0.05) is 21.7 Å². The molecule has 1 aliphatic heterocycles. The second-order valence-corrected chi connectivity index (χ2v) is 6.74. The Kier molecular flexibility index (Phi) is 4.18. The summed E-state index contributed by atoms with van der Waals surface area (Å²) >= 11 is 1.48. The molecule has 0 radical (unpaired) electrons. The van der Waals surface area contributed by atoms with Crippen molar-refractivity contribution in [1.29, 1.82) is 0 Å². The molecule has 0 fully saturated rings. The van der Waals surface area contributed by atoms with E-state index in [1.807, 2.05) is 12.1 Å². The van der Waals surface area contributed by atoms with E-state index in [2.05, 4.69) is 20.8 Å². The molecule has 2 heterocycles. The molecule has 4 rings (SSSR count). The van der Waals surface area contributed by atoms with Gasteiger partial charge in [0.25, 0.3) is 11.8 Å². The second-order valence-electron chi connectivity index (χ2n) is 5.73. The zero-order valence-electron chi connectivity index (χ0n) is 13.8. The fourth-order valence-corrected chi connectivity index (χ4v) is 3.33. The Morgan fingerprint density at radius 3 is 2.77 bits per heavy atom. The predicted octanol–water partition coefficient (Wildman–Crippen LogP) is 3.34. The lowest BCUT2D eigenvalue weighted by molar-refractivity contribution is -0.113. The fraction of sp³-hybridized carbons (Fsp3) is 0.111. The minimum Gasteiger partial charge on any atom is -0.334 e. The molecule has 8 heteroatoms. The Hall–Kier alpha value is -3.13. The highest BCUT2D eigenvalue weighted by Crippen LogP contribution is 2.33. The van der Waals surface area contributed by atoms with Crippen LogP contribution in [0.1, 0.15) is 16.2 Å². The number of aryl methyl sites for hydroxylation is 1. The Bertz CT molecular complexity index is 998. The zero-order chi connectivity index (χ0) is 18.1. The van der Waals surface area contributed by atoms with Gasteiger partial charge in [-0.2, -0.15) is 4.98 Å². The SMILES string of the molecule is Cc1noc(-c2ccc(C(=O)Nc3ccc4c(c3)NC(=O)CS4)cc2)n1. The number of nitrogens with one attached hydrogen (secondary N) is 2. The number of fused-ring (bicyclic) bond motifs is 1. The van der Waals surface area contributed by atoms with Crippen molar-refractivity contribution in [2.75, 3.05) is 16.4 Å². The van der Waals surface area contributed by atoms with Gasteiger partial charge in [-0.3, -0.25) is 9.59 Å². The number of hydrogen-bond donors (Lipinski definition) is 2. The van der Waals surface area contributed by atoms with E-state index in [1.54, 1.807) is 37.3 Å². The highest BCUT2D eigenvalue weighted by molar-refractivity contribution is 8.00. The van der Waals surface area contributed by atoms with Crippen molar-refractivity contribution in [2.24, 2.45) is 0 Å². The summed E-state index contributed by atoms with van der Waals surface area (Å²) in [6.45, 7) is 1.74. The second kappa shape index (κ2) is 6.64. The third-order valence-electron chi connectivity index (χ3n) is 3.79. The Morgan fingerprint density at radius 2 is 2.04 bits per heavy atom. The highest BCUT2D eigenvalue weighted by atomic mass is 32.2. The average Bonchev–Trinajstić information content (AvgIpc) is 3.08. The van der Waals surface area contributed by atoms with Gasteiger partial charge in [-0.25, -0.2) is 0 Å². The van der Waals surface area contributed by atoms with E-state index in [0.717, 1.165) is 10.5 Å². The van der Waals surface area contributed by atoms with Crippen molar-refractivity contribution in [3.8, 4) is 11.5 Å². The molecule has 130 valence electrons. The Labute approximate surface area is 153 Å². The van der Waals surface area contributed by atoms with Crippen LogP contribution in [0.25, 0.3) is 11.5 Å².